The van der Waals surface area contributed by atoms with Crippen molar-refractivity contribution in [3.05, 3.63) is 64.9 Å². The molecule has 22 heavy (non-hydrogen) atoms. The van der Waals surface area contributed by atoms with Gasteiger partial charge in [0.2, 0.25) is 0 Å². The zero-order valence-electron chi connectivity index (χ0n) is 12.5. The number of amides is 2. The van der Waals surface area contributed by atoms with Crippen LogP contribution in [0.15, 0.2) is 48.5 Å². The molecule has 0 spiro atoms. The van der Waals surface area contributed by atoms with Crippen LogP contribution in [0.4, 0.5) is 14.9 Å². The molecule has 0 saturated heterocycles. The lowest BCUT2D eigenvalue weighted by atomic mass is 9.85. The Morgan fingerprint density at radius 2 is 1.86 bits per heavy atom. The van der Waals surface area contributed by atoms with Gasteiger partial charge in [-0.1, -0.05) is 55.8 Å². The maximum absolute atomic E-state index is 13.1. The summed E-state index contributed by atoms with van der Waals surface area (Å²) in [5, 5.41) is 5.42. The van der Waals surface area contributed by atoms with Gasteiger partial charge in [-0.3, -0.25) is 0 Å². The van der Waals surface area contributed by atoms with Crippen molar-refractivity contribution in [3.8, 4) is 0 Å². The van der Waals surface area contributed by atoms with Gasteiger partial charge in [0.05, 0.1) is 5.02 Å². The molecule has 0 aliphatic carbocycles. The average molecular weight is 321 g/mol. The molecule has 0 unspecified atom stereocenters. The maximum atomic E-state index is 13.1. The lowest BCUT2D eigenvalue weighted by molar-refractivity contribution is 0.249. The second-order valence-corrected chi connectivity index (χ2v) is 6.09. The summed E-state index contributed by atoms with van der Waals surface area (Å²) < 4.78 is 13.1. The number of urea groups is 1. The normalized spacial score (nSPS) is 11.1. The smallest absolute Gasteiger partial charge is 0.319 e. The van der Waals surface area contributed by atoms with E-state index in [0.717, 1.165) is 5.56 Å². The predicted molar refractivity (Wildman–Crippen MR) is 87.9 cm³/mol. The summed E-state index contributed by atoms with van der Waals surface area (Å²) in [6.07, 6.45) is 0. The van der Waals surface area contributed by atoms with Crippen molar-refractivity contribution in [2.24, 2.45) is 0 Å². The van der Waals surface area contributed by atoms with Crippen LogP contribution >= 0.6 is 11.6 Å². The minimum Gasteiger partial charge on any atom is -0.337 e. The van der Waals surface area contributed by atoms with Crippen LogP contribution in [0.3, 0.4) is 0 Å². The molecule has 2 aromatic carbocycles. The SMILES string of the molecule is CC(C)(CNC(=O)Nc1ccc(F)c(Cl)c1)c1ccccc1. The highest BCUT2D eigenvalue weighted by Gasteiger charge is 2.21. The van der Waals surface area contributed by atoms with Crippen LogP contribution in [0.25, 0.3) is 0 Å². The second-order valence-electron chi connectivity index (χ2n) is 5.69. The van der Waals surface area contributed by atoms with E-state index in [0.29, 0.717) is 12.2 Å². The standard InChI is InChI=1S/C17H18ClFN2O/c1-17(2,12-6-4-3-5-7-12)11-20-16(22)21-13-8-9-15(19)14(18)10-13/h3-10H,11H2,1-2H3,(H2,20,21,22). The summed E-state index contributed by atoms with van der Waals surface area (Å²) in [6, 6.07) is 13.6. The Kier molecular flexibility index (Phi) is 5.03. The molecule has 2 N–H and O–H groups in total. The predicted octanol–water partition coefficient (Wildman–Crippen LogP) is 4.58. The number of benzene rings is 2. The summed E-state index contributed by atoms with van der Waals surface area (Å²) in [5.74, 6) is -0.516. The molecule has 0 radical (unpaired) electrons. The van der Waals surface area contributed by atoms with Gasteiger partial charge in [0, 0.05) is 17.6 Å². The van der Waals surface area contributed by atoms with Crippen molar-refractivity contribution in [3.63, 3.8) is 0 Å². The van der Waals surface area contributed by atoms with E-state index >= 15 is 0 Å². The van der Waals surface area contributed by atoms with E-state index in [1.54, 1.807) is 0 Å². The molecule has 116 valence electrons. The fraction of sp³-hybridized carbons (Fsp3) is 0.235. The molecule has 0 saturated carbocycles. The number of halogens is 2. The Labute approximate surface area is 134 Å². The summed E-state index contributed by atoms with van der Waals surface area (Å²) in [5.41, 5.74) is 1.39. The lowest BCUT2D eigenvalue weighted by Crippen LogP contribution is -2.38. The van der Waals surface area contributed by atoms with Crippen LogP contribution in [0.1, 0.15) is 19.4 Å². The third-order valence-corrected chi connectivity index (χ3v) is 3.71. The van der Waals surface area contributed by atoms with Gasteiger partial charge in [-0.05, 0) is 23.8 Å². The number of nitrogens with one attached hydrogen (secondary N) is 2. The van der Waals surface area contributed by atoms with Crippen LogP contribution in [0, 0.1) is 5.82 Å². The minimum atomic E-state index is -0.516. The van der Waals surface area contributed by atoms with Gasteiger partial charge in [0.15, 0.2) is 0 Å². The van der Waals surface area contributed by atoms with Crippen molar-refractivity contribution in [2.45, 2.75) is 19.3 Å². The Bertz CT molecular complexity index is 659. The molecule has 2 rings (SSSR count). The molecule has 5 heteroatoms. The molecule has 3 nitrogen and oxygen atoms in total. The van der Waals surface area contributed by atoms with Gasteiger partial charge in [0.1, 0.15) is 5.82 Å². The van der Waals surface area contributed by atoms with Gasteiger partial charge in [-0.25, -0.2) is 9.18 Å². The highest BCUT2D eigenvalue weighted by Crippen LogP contribution is 2.22. The topological polar surface area (TPSA) is 41.1 Å². The first kappa shape index (κ1) is 16.3. The molecule has 2 amide bonds. The van der Waals surface area contributed by atoms with Crippen molar-refractivity contribution in [2.75, 3.05) is 11.9 Å². The van der Waals surface area contributed by atoms with Crippen LogP contribution in [-0.4, -0.2) is 12.6 Å². The molecule has 0 atom stereocenters. The number of hydrogen-bond donors (Lipinski definition) is 2. The molecule has 0 aliphatic rings. The molecule has 0 fully saturated rings. The third-order valence-electron chi connectivity index (χ3n) is 3.42. The zero-order chi connectivity index (χ0) is 16.2. The monoisotopic (exact) mass is 320 g/mol. The summed E-state index contributed by atoms with van der Waals surface area (Å²) in [7, 11) is 0. The van der Waals surface area contributed by atoms with E-state index in [4.69, 9.17) is 11.6 Å². The molecule has 0 heterocycles. The minimum absolute atomic E-state index is 0.0255. The van der Waals surface area contributed by atoms with Crippen molar-refractivity contribution < 1.29 is 9.18 Å². The Morgan fingerprint density at radius 3 is 2.50 bits per heavy atom. The van der Waals surface area contributed by atoms with E-state index < -0.39 is 5.82 Å². The zero-order valence-corrected chi connectivity index (χ0v) is 13.2. The first-order valence-corrected chi connectivity index (χ1v) is 7.32. The first-order chi connectivity index (χ1) is 10.4. The fourth-order valence-electron chi connectivity index (χ4n) is 2.04. The summed E-state index contributed by atoms with van der Waals surface area (Å²) in [4.78, 5) is 11.9. The highest BCUT2D eigenvalue weighted by molar-refractivity contribution is 6.31. The van der Waals surface area contributed by atoms with Crippen molar-refractivity contribution in [1.82, 2.24) is 5.32 Å². The molecular formula is C17H18ClFN2O. The molecule has 0 bridgehead atoms. The van der Waals surface area contributed by atoms with Gasteiger partial charge < -0.3 is 10.6 Å². The van der Waals surface area contributed by atoms with Crippen LogP contribution in [-0.2, 0) is 5.41 Å². The quantitative estimate of drug-likeness (QED) is 0.850. The van der Waals surface area contributed by atoms with Gasteiger partial charge in [-0.15, -0.1) is 0 Å². The Morgan fingerprint density at radius 1 is 1.18 bits per heavy atom. The van der Waals surface area contributed by atoms with E-state index in [1.807, 2.05) is 30.3 Å². The van der Waals surface area contributed by atoms with Crippen LogP contribution in [0.5, 0.6) is 0 Å². The molecule has 2 aromatic rings. The number of carbonyl (C=O) groups excluding carboxylic acids is 1. The number of carbonyl (C=O) groups is 1. The molecule has 0 aromatic heterocycles. The molecule has 0 aliphatic heterocycles. The van der Waals surface area contributed by atoms with Crippen LogP contribution < -0.4 is 10.6 Å². The van der Waals surface area contributed by atoms with E-state index in [-0.39, 0.29) is 16.5 Å². The number of rotatable bonds is 4. The maximum Gasteiger partial charge on any atom is 0.319 e. The summed E-state index contributed by atoms with van der Waals surface area (Å²) >= 11 is 5.68. The van der Waals surface area contributed by atoms with Crippen molar-refractivity contribution >= 4 is 23.3 Å². The van der Waals surface area contributed by atoms with E-state index in [1.165, 1.54) is 18.2 Å². The highest BCUT2D eigenvalue weighted by atomic mass is 35.5. The second kappa shape index (κ2) is 6.79. The number of anilines is 1. The third kappa shape index (κ3) is 4.21. The average Bonchev–Trinajstić information content (AvgIpc) is 2.50. The van der Waals surface area contributed by atoms with Crippen molar-refractivity contribution in [1.29, 1.82) is 0 Å². The van der Waals surface area contributed by atoms with Crippen LogP contribution in [0.2, 0.25) is 5.02 Å². The Hall–Kier alpha value is -2.07. The van der Waals surface area contributed by atoms with Gasteiger partial charge in [-0.2, -0.15) is 0 Å². The number of hydrogen-bond acceptors (Lipinski definition) is 1. The van der Waals surface area contributed by atoms with E-state index in [2.05, 4.69) is 24.5 Å². The summed E-state index contributed by atoms with van der Waals surface area (Å²) in [6.45, 7) is 4.58. The largest absolute Gasteiger partial charge is 0.337 e. The van der Waals surface area contributed by atoms with Gasteiger partial charge >= 0.3 is 6.03 Å². The lowest BCUT2D eigenvalue weighted by Gasteiger charge is -2.25. The molecular weight excluding hydrogens is 303 g/mol. The Balaban J connectivity index is 1.93. The van der Waals surface area contributed by atoms with E-state index in [9.17, 15) is 9.18 Å². The first-order valence-electron chi connectivity index (χ1n) is 6.94. The fourth-order valence-corrected chi connectivity index (χ4v) is 2.22. The van der Waals surface area contributed by atoms with Gasteiger partial charge in [0.25, 0.3) is 0 Å².